The second kappa shape index (κ2) is 6.37. The molecule has 1 unspecified atom stereocenters. The molecule has 0 saturated carbocycles. The van der Waals surface area contributed by atoms with Crippen molar-refractivity contribution < 1.29 is 4.74 Å². The molecule has 5 heteroatoms. The van der Waals surface area contributed by atoms with E-state index in [0.29, 0.717) is 6.61 Å². The van der Waals surface area contributed by atoms with E-state index in [0.717, 1.165) is 35.3 Å². The second-order valence-corrected chi connectivity index (χ2v) is 4.80. The van der Waals surface area contributed by atoms with Crippen molar-refractivity contribution in [2.24, 2.45) is 12.8 Å². The molecule has 0 spiro atoms. The Morgan fingerprint density at radius 3 is 2.75 bits per heavy atom. The molecule has 92 valence electrons. The van der Waals surface area contributed by atoms with Crippen LogP contribution >= 0.6 is 15.9 Å². The van der Waals surface area contributed by atoms with E-state index in [1.807, 2.05) is 18.7 Å². The van der Waals surface area contributed by atoms with E-state index in [1.165, 1.54) is 0 Å². The van der Waals surface area contributed by atoms with Crippen molar-refractivity contribution in [1.82, 2.24) is 9.78 Å². The number of hydrogen-bond acceptors (Lipinski definition) is 3. The van der Waals surface area contributed by atoms with Gasteiger partial charge in [-0.3, -0.25) is 4.68 Å². The van der Waals surface area contributed by atoms with Gasteiger partial charge in [-0.15, -0.1) is 0 Å². The van der Waals surface area contributed by atoms with Gasteiger partial charge in [0.25, 0.3) is 0 Å². The highest BCUT2D eigenvalue weighted by atomic mass is 79.9. The molecule has 16 heavy (non-hydrogen) atoms. The summed E-state index contributed by atoms with van der Waals surface area (Å²) < 4.78 is 8.36. The van der Waals surface area contributed by atoms with E-state index >= 15 is 0 Å². The predicted octanol–water partition coefficient (Wildman–Crippen LogP) is 1.79. The summed E-state index contributed by atoms with van der Waals surface area (Å²) >= 11 is 3.53. The number of ether oxygens (including phenoxy) is 1. The van der Waals surface area contributed by atoms with Crippen LogP contribution in [0.3, 0.4) is 0 Å². The normalized spacial score (nSPS) is 13.1. The van der Waals surface area contributed by atoms with Gasteiger partial charge >= 0.3 is 0 Å². The molecule has 0 amide bonds. The SMILES string of the molecule is CCCOCC(N)Cc1c(Br)c(C)nn1C. The van der Waals surface area contributed by atoms with Crippen LogP contribution in [0.4, 0.5) is 0 Å². The molecule has 1 atom stereocenters. The zero-order valence-corrected chi connectivity index (χ0v) is 11.7. The minimum atomic E-state index is 0.0256. The maximum atomic E-state index is 6.01. The molecule has 0 radical (unpaired) electrons. The van der Waals surface area contributed by atoms with E-state index in [-0.39, 0.29) is 6.04 Å². The fourth-order valence-corrected chi connectivity index (χ4v) is 2.09. The van der Waals surface area contributed by atoms with Crippen molar-refractivity contribution in [2.75, 3.05) is 13.2 Å². The first-order chi connectivity index (χ1) is 7.56. The fraction of sp³-hybridized carbons (Fsp3) is 0.727. The van der Waals surface area contributed by atoms with Gasteiger partial charge in [-0.05, 0) is 29.3 Å². The van der Waals surface area contributed by atoms with Gasteiger partial charge in [0, 0.05) is 26.1 Å². The largest absolute Gasteiger partial charge is 0.380 e. The number of nitrogens with two attached hydrogens (primary N) is 1. The minimum absolute atomic E-state index is 0.0256. The molecule has 0 aliphatic rings. The predicted molar refractivity (Wildman–Crippen MR) is 68.4 cm³/mol. The van der Waals surface area contributed by atoms with Gasteiger partial charge in [0.2, 0.25) is 0 Å². The lowest BCUT2D eigenvalue weighted by molar-refractivity contribution is 0.121. The van der Waals surface area contributed by atoms with Crippen molar-refractivity contribution >= 4 is 15.9 Å². The van der Waals surface area contributed by atoms with Crippen molar-refractivity contribution in [1.29, 1.82) is 0 Å². The number of rotatable bonds is 6. The van der Waals surface area contributed by atoms with Crippen LogP contribution in [0.15, 0.2) is 4.47 Å². The summed E-state index contributed by atoms with van der Waals surface area (Å²) in [7, 11) is 1.94. The maximum Gasteiger partial charge on any atom is 0.0738 e. The Labute approximate surface area is 105 Å². The molecule has 0 fully saturated rings. The van der Waals surface area contributed by atoms with E-state index in [4.69, 9.17) is 10.5 Å². The first-order valence-corrected chi connectivity index (χ1v) is 6.36. The van der Waals surface area contributed by atoms with Gasteiger partial charge in [-0.2, -0.15) is 5.10 Å². The van der Waals surface area contributed by atoms with Crippen LogP contribution in [0.25, 0.3) is 0 Å². The van der Waals surface area contributed by atoms with Gasteiger partial charge in [-0.1, -0.05) is 6.92 Å². The number of nitrogens with zero attached hydrogens (tertiary/aromatic N) is 2. The Bertz CT molecular complexity index is 338. The third kappa shape index (κ3) is 3.57. The van der Waals surface area contributed by atoms with Crippen molar-refractivity contribution in [3.8, 4) is 0 Å². The van der Waals surface area contributed by atoms with Crippen LogP contribution in [0.5, 0.6) is 0 Å². The summed E-state index contributed by atoms with van der Waals surface area (Å²) in [6.45, 7) is 5.45. The average molecular weight is 290 g/mol. The molecule has 0 saturated heterocycles. The van der Waals surface area contributed by atoms with E-state index in [2.05, 4.69) is 28.0 Å². The average Bonchev–Trinajstić information content (AvgIpc) is 2.46. The summed E-state index contributed by atoms with van der Waals surface area (Å²) in [6, 6.07) is 0.0256. The van der Waals surface area contributed by atoms with Crippen molar-refractivity contribution in [3.05, 3.63) is 15.9 Å². The van der Waals surface area contributed by atoms with Gasteiger partial charge in [0.05, 0.1) is 22.5 Å². The Morgan fingerprint density at radius 1 is 1.56 bits per heavy atom. The van der Waals surface area contributed by atoms with Gasteiger partial charge in [0.1, 0.15) is 0 Å². The monoisotopic (exact) mass is 289 g/mol. The zero-order valence-electron chi connectivity index (χ0n) is 10.2. The van der Waals surface area contributed by atoms with Crippen LogP contribution in [-0.2, 0) is 18.2 Å². The molecule has 0 bridgehead atoms. The number of aromatic nitrogens is 2. The molecular weight excluding hydrogens is 270 g/mol. The Balaban J connectivity index is 2.52. The first kappa shape index (κ1) is 13.7. The van der Waals surface area contributed by atoms with Gasteiger partial charge in [0.15, 0.2) is 0 Å². The molecule has 2 N–H and O–H groups in total. The lowest BCUT2D eigenvalue weighted by Gasteiger charge is -2.12. The minimum Gasteiger partial charge on any atom is -0.380 e. The summed E-state index contributed by atoms with van der Waals surface area (Å²) in [5, 5.41) is 4.33. The summed E-state index contributed by atoms with van der Waals surface area (Å²) in [5.41, 5.74) is 8.14. The first-order valence-electron chi connectivity index (χ1n) is 5.57. The van der Waals surface area contributed by atoms with Crippen LogP contribution in [0.2, 0.25) is 0 Å². The molecule has 1 heterocycles. The molecule has 0 aliphatic heterocycles. The lowest BCUT2D eigenvalue weighted by Crippen LogP contribution is -2.29. The van der Waals surface area contributed by atoms with Crippen LogP contribution in [0, 0.1) is 6.92 Å². The topological polar surface area (TPSA) is 53.1 Å². The Morgan fingerprint density at radius 2 is 2.25 bits per heavy atom. The number of halogens is 1. The van der Waals surface area contributed by atoms with E-state index < -0.39 is 0 Å². The summed E-state index contributed by atoms with van der Waals surface area (Å²) in [6.07, 6.45) is 1.81. The second-order valence-electron chi connectivity index (χ2n) is 4.01. The Kier molecular flexibility index (Phi) is 5.44. The molecule has 4 nitrogen and oxygen atoms in total. The summed E-state index contributed by atoms with van der Waals surface area (Å²) in [5.74, 6) is 0. The van der Waals surface area contributed by atoms with Gasteiger partial charge < -0.3 is 10.5 Å². The van der Waals surface area contributed by atoms with Crippen LogP contribution in [-0.4, -0.2) is 29.0 Å². The molecule has 0 aliphatic carbocycles. The fourth-order valence-electron chi connectivity index (χ4n) is 1.59. The van der Waals surface area contributed by atoms with Crippen LogP contribution < -0.4 is 5.73 Å². The number of hydrogen-bond donors (Lipinski definition) is 1. The van der Waals surface area contributed by atoms with E-state index in [9.17, 15) is 0 Å². The third-order valence-electron chi connectivity index (χ3n) is 2.40. The van der Waals surface area contributed by atoms with Crippen molar-refractivity contribution in [2.45, 2.75) is 32.7 Å². The summed E-state index contributed by atoms with van der Waals surface area (Å²) in [4.78, 5) is 0. The maximum absolute atomic E-state index is 6.01. The quantitative estimate of drug-likeness (QED) is 0.813. The lowest BCUT2D eigenvalue weighted by atomic mass is 10.2. The van der Waals surface area contributed by atoms with E-state index in [1.54, 1.807) is 0 Å². The number of aryl methyl sites for hydroxylation is 2. The van der Waals surface area contributed by atoms with Gasteiger partial charge in [-0.25, -0.2) is 0 Å². The molecule has 1 aromatic rings. The van der Waals surface area contributed by atoms with Crippen molar-refractivity contribution in [3.63, 3.8) is 0 Å². The van der Waals surface area contributed by atoms with Crippen LogP contribution in [0.1, 0.15) is 24.7 Å². The Hall–Kier alpha value is -0.390. The smallest absolute Gasteiger partial charge is 0.0738 e. The standard InChI is InChI=1S/C11H20BrN3O/c1-4-5-16-7-9(13)6-10-11(12)8(2)14-15(10)3/h9H,4-7,13H2,1-3H3. The molecular formula is C11H20BrN3O. The molecule has 1 aromatic heterocycles. The third-order valence-corrected chi connectivity index (χ3v) is 3.43. The molecule has 1 rings (SSSR count). The zero-order chi connectivity index (χ0) is 12.1. The molecule has 0 aromatic carbocycles. The highest BCUT2D eigenvalue weighted by Gasteiger charge is 2.14. The highest BCUT2D eigenvalue weighted by molar-refractivity contribution is 9.10. The highest BCUT2D eigenvalue weighted by Crippen LogP contribution is 2.21.